The second kappa shape index (κ2) is 12.6. The maximum absolute atomic E-state index is 4.95. The first-order valence-electron chi connectivity index (χ1n) is 15.6. The van der Waals surface area contributed by atoms with Gasteiger partial charge in [-0.05, 0) is 0 Å². The molecule has 8 rings (SSSR count). The summed E-state index contributed by atoms with van der Waals surface area (Å²) in [5.41, 5.74) is 10.1. The molecule has 1 heterocycles. The SMILES string of the molecule is [SeH]c1c(-c2ccccc2)cccc1-c1cccc(-c2cccc3cc(-c4nc(-c5ccccc5)nc(-c5ccccc5)n4)ccc23)c1. The van der Waals surface area contributed by atoms with Crippen LogP contribution in [-0.2, 0) is 0 Å². The first kappa shape index (κ1) is 28.8. The first-order valence-corrected chi connectivity index (χ1v) is 16.5. The van der Waals surface area contributed by atoms with Gasteiger partial charge in [0.15, 0.2) is 11.6 Å². The van der Waals surface area contributed by atoms with Gasteiger partial charge in [0, 0.05) is 11.1 Å². The summed E-state index contributed by atoms with van der Waals surface area (Å²) in [5, 5.41) is 2.31. The van der Waals surface area contributed by atoms with Crippen molar-refractivity contribution in [3.05, 3.63) is 170 Å². The van der Waals surface area contributed by atoms with Crippen molar-refractivity contribution in [1.29, 1.82) is 0 Å². The van der Waals surface area contributed by atoms with Crippen LogP contribution in [0.25, 0.3) is 78.3 Å². The van der Waals surface area contributed by atoms with Crippen LogP contribution < -0.4 is 4.46 Å². The van der Waals surface area contributed by atoms with Crippen LogP contribution in [0.4, 0.5) is 0 Å². The van der Waals surface area contributed by atoms with E-state index < -0.39 is 0 Å². The van der Waals surface area contributed by atoms with Crippen LogP contribution >= 0.6 is 0 Å². The topological polar surface area (TPSA) is 38.7 Å². The zero-order valence-electron chi connectivity index (χ0n) is 25.5. The molecule has 0 saturated carbocycles. The number of hydrogen-bond donors (Lipinski definition) is 0. The van der Waals surface area contributed by atoms with Gasteiger partial charge in [-0.15, -0.1) is 0 Å². The summed E-state index contributed by atoms with van der Waals surface area (Å²) >= 11 is 2.79. The standard InChI is InChI=1S/C43H29N3Se/c47-40-38(29-13-4-1-5-14-29)23-12-24-39(40)34-20-10-19-32(27-34)36-22-11-21-33-28-35(25-26-37(33)36)43-45-41(30-15-6-2-7-16-30)44-42(46-43)31-17-8-3-9-18-31/h1-28,47H. The molecule has 0 unspecified atom stereocenters. The van der Waals surface area contributed by atoms with E-state index in [9.17, 15) is 0 Å². The number of rotatable bonds is 6. The van der Waals surface area contributed by atoms with E-state index in [0.717, 1.165) is 22.1 Å². The minimum atomic E-state index is 0.652. The van der Waals surface area contributed by atoms with Crippen molar-refractivity contribution in [2.75, 3.05) is 0 Å². The van der Waals surface area contributed by atoms with Gasteiger partial charge in [0.1, 0.15) is 0 Å². The van der Waals surface area contributed by atoms with Gasteiger partial charge in [-0.1, -0.05) is 60.7 Å². The van der Waals surface area contributed by atoms with Crippen LogP contribution in [0.1, 0.15) is 0 Å². The molecule has 4 heteroatoms. The van der Waals surface area contributed by atoms with Crippen molar-refractivity contribution < 1.29 is 0 Å². The number of nitrogens with zero attached hydrogens (tertiary/aromatic N) is 3. The zero-order valence-corrected chi connectivity index (χ0v) is 27.3. The number of hydrogen-bond acceptors (Lipinski definition) is 3. The van der Waals surface area contributed by atoms with E-state index in [4.69, 9.17) is 15.0 Å². The molecule has 0 saturated heterocycles. The molecule has 0 N–H and O–H groups in total. The Labute approximate surface area is 282 Å². The Kier molecular flexibility index (Phi) is 7.72. The molecule has 0 aliphatic carbocycles. The summed E-state index contributed by atoms with van der Waals surface area (Å²) in [7, 11) is 0. The second-order valence-electron chi connectivity index (χ2n) is 11.4. The van der Waals surface area contributed by atoms with E-state index in [-0.39, 0.29) is 0 Å². The summed E-state index contributed by atoms with van der Waals surface area (Å²) in [6.45, 7) is 0. The Hall–Kier alpha value is -5.67. The fraction of sp³-hybridized carbons (Fsp3) is 0. The van der Waals surface area contributed by atoms with Gasteiger partial charge in [0.2, 0.25) is 0 Å². The van der Waals surface area contributed by atoms with Gasteiger partial charge in [-0.25, -0.2) is 4.98 Å². The molecule has 0 atom stereocenters. The molecule has 8 aromatic rings. The van der Waals surface area contributed by atoms with Gasteiger partial charge in [0.05, 0.1) is 0 Å². The van der Waals surface area contributed by atoms with E-state index in [1.54, 1.807) is 0 Å². The molecule has 0 bridgehead atoms. The molecule has 0 spiro atoms. The summed E-state index contributed by atoms with van der Waals surface area (Å²) < 4.78 is 1.22. The quantitative estimate of drug-likeness (QED) is 0.166. The molecule has 0 amide bonds. The Balaban J connectivity index is 1.20. The predicted molar refractivity (Wildman–Crippen MR) is 197 cm³/mol. The molecule has 47 heavy (non-hydrogen) atoms. The van der Waals surface area contributed by atoms with Crippen molar-refractivity contribution in [2.45, 2.75) is 0 Å². The average Bonchev–Trinajstić information content (AvgIpc) is 3.15. The van der Waals surface area contributed by atoms with Crippen LogP contribution in [0.3, 0.4) is 0 Å². The molecule has 1 aromatic heterocycles. The monoisotopic (exact) mass is 667 g/mol. The van der Waals surface area contributed by atoms with Crippen molar-refractivity contribution >= 4 is 31.2 Å². The fourth-order valence-electron chi connectivity index (χ4n) is 6.09. The third kappa shape index (κ3) is 5.77. The minimum absolute atomic E-state index is 0.652. The molecule has 0 fully saturated rings. The predicted octanol–water partition coefficient (Wildman–Crippen LogP) is 9.55. The Bertz CT molecular complexity index is 2300. The van der Waals surface area contributed by atoms with E-state index in [2.05, 4.69) is 125 Å². The molecular formula is C43H29N3Se. The van der Waals surface area contributed by atoms with Crippen LogP contribution in [-0.4, -0.2) is 31.0 Å². The molecule has 3 nitrogen and oxygen atoms in total. The van der Waals surface area contributed by atoms with Crippen molar-refractivity contribution in [3.8, 4) is 67.5 Å². The zero-order chi connectivity index (χ0) is 31.6. The summed E-state index contributed by atoms with van der Waals surface area (Å²) in [6, 6.07) is 59.1. The third-order valence-electron chi connectivity index (χ3n) is 8.44. The second-order valence-corrected chi connectivity index (χ2v) is 12.4. The molecule has 0 aliphatic heterocycles. The molecule has 7 aromatic carbocycles. The average molecular weight is 667 g/mol. The van der Waals surface area contributed by atoms with E-state index in [1.807, 2.05) is 60.7 Å². The van der Waals surface area contributed by atoms with Crippen molar-refractivity contribution in [2.24, 2.45) is 0 Å². The fourth-order valence-corrected chi connectivity index (χ4v) is 6.95. The van der Waals surface area contributed by atoms with Gasteiger partial charge < -0.3 is 0 Å². The number of fused-ring (bicyclic) bond motifs is 1. The van der Waals surface area contributed by atoms with Crippen LogP contribution in [0, 0.1) is 0 Å². The van der Waals surface area contributed by atoms with E-state index >= 15 is 0 Å². The third-order valence-corrected chi connectivity index (χ3v) is 9.45. The summed E-state index contributed by atoms with van der Waals surface area (Å²) in [6.07, 6.45) is 0. The van der Waals surface area contributed by atoms with Gasteiger partial charge in [-0.3, -0.25) is 0 Å². The van der Waals surface area contributed by atoms with Crippen LogP contribution in [0.2, 0.25) is 0 Å². The summed E-state index contributed by atoms with van der Waals surface area (Å²) in [4.78, 5) is 14.7. The van der Waals surface area contributed by atoms with Crippen LogP contribution in [0.15, 0.2) is 170 Å². The molecule has 0 radical (unpaired) electrons. The van der Waals surface area contributed by atoms with Crippen LogP contribution in [0.5, 0.6) is 0 Å². The molecule has 0 aliphatic rings. The number of aromatic nitrogens is 3. The van der Waals surface area contributed by atoms with Gasteiger partial charge >= 0.3 is 195 Å². The van der Waals surface area contributed by atoms with Gasteiger partial charge in [0.25, 0.3) is 0 Å². The Morgan fingerprint density at radius 2 is 0.766 bits per heavy atom. The normalized spacial score (nSPS) is 11.1. The Morgan fingerprint density at radius 1 is 0.319 bits per heavy atom. The summed E-state index contributed by atoms with van der Waals surface area (Å²) in [5.74, 6) is 1.97. The van der Waals surface area contributed by atoms with E-state index in [0.29, 0.717) is 17.5 Å². The Morgan fingerprint density at radius 3 is 1.38 bits per heavy atom. The first-order chi connectivity index (χ1) is 23.2. The van der Waals surface area contributed by atoms with E-state index in [1.165, 1.54) is 43.2 Å². The number of benzene rings is 7. The molecule has 222 valence electrons. The van der Waals surface area contributed by atoms with Crippen molar-refractivity contribution in [1.82, 2.24) is 15.0 Å². The molecular weight excluding hydrogens is 637 g/mol. The van der Waals surface area contributed by atoms with Gasteiger partial charge in [-0.2, -0.15) is 0 Å². The van der Waals surface area contributed by atoms with Crippen molar-refractivity contribution in [3.63, 3.8) is 0 Å². The maximum atomic E-state index is 4.95.